The van der Waals surface area contributed by atoms with E-state index in [-0.39, 0.29) is 0 Å². The van der Waals surface area contributed by atoms with Crippen LogP contribution in [0, 0.1) is 0 Å². The van der Waals surface area contributed by atoms with Crippen LogP contribution in [0.25, 0.3) is 6.08 Å². The predicted octanol–water partition coefficient (Wildman–Crippen LogP) is 3.84. The van der Waals surface area contributed by atoms with Gasteiger partial charge >= 0.3 is 5.97 Å². The second-order valence-electron chi connectivity index (χ2n) is 6.15. The van der Waals surface area contributed by atoms with Crippen molar-refractivity contribution in [3.63, 3.8) is 0 Å². The lowest BCUT2D eigenvalue weighted by Gasteiger charge is -2.12. The highest BCUT2D eigenvalue weighted by Crippen LogP contribution is 2.40. The monoisotopic (exact) mass is 291 g/mol. The predicted molar refractivity (Wildman–Crippen MR) is 85.0 cm³/mol. The Morgan fingerprint density at radius 1 is 1.27 bits per heavy atom. The number of pyridine rings is 1. The Morgan fingerprint density at radius 2 is 2.14 bits per heavy atom. The normalized spacial score (nSPS) is 18.7. The van der Waals surface area contributed by atoms with Crippen molar-refractivity contribution in [3.05, 3.63) is 70.0 Å². The van der Waals surface area contributed by atoms with E-state index in [2.05, 4.69) is 35.3 Å². The summed E-state index contributed by atoms with van der Waals surface area (Å²) in [6, 6.07) is 10.3. The Morgan fingerprint density at radius 3 is 3.00 bits per heavy atom. The van der Waals surface area contributed by atoms with Gasteiger partial charge in [-0.15, -0.1) is 0 Å². The molecule has 1 aromatic heterocycles. The Bertz CT molecular complexity index is 792. The smallest absolute Gasteiger partial charge is 0.336 e. The third kappa shape index (κ3) is 2.13. The molecule has 4 rings (SSSR count). The van der Waals surface area contributed by atoms with Crippen molar-refractivity contribution < 1.29 is 9.90 Å². The molecule has 1 heterocycles. The summed E-state index contributed by atoms with van der Waals surface area (Å²) in [5, 5.41) is 9.30. The van der Waals surface area contributed by atoms with Crippen LogP contribution in [0.4, 0.5) is 0 Å². The van der Waals surface area contributed by atoms with E-state index in [1.54, 1.807) is 12.3 Å². The van der Waals surface area contributed by atoms with Crippen LogP contribution in [0.15, 0.2) is 42.1 Å². The molecule has 1 N–H and O–H groups in total. The highest BCUT2D eigenvalue weighted by atomic mass is 16.4. The van der Waals surface area contributed by atoms with Gasteiger partial charge in [-0.25, -0.2) is 4.79 Å². The van der Waals surface area contributed by atoms with E-state index in [9.17, 15) is 9.90 Å². The van der Waals surface area contributed by atoms with Crippen LogP contribution in [0.1, 0.15) is 51.5 Å². The Balaban J connectivity index is 1.58. The van der Waals surface area contributed by atoms with E-state index in [0.29, 0.717) is 11.5 Å². The first-order valence-corrected chi connectivity index (χ1v) is 7.71. The number of carboxylic acid groups (broad SMARTS) is 1. The summed E-state index contributed by atoms with van der Waals surface area (Å²) in [7, 11) is 0. The minimum absolute atomic E-state index is 0.392. The number of aromatic nitrogens is 1. The number of benzene rings is 1. The maximum atomic E-state index is 11.3. The summed E-state index contributed by atoms with van der Waals surface area (Å²) in [6.07, 6.45) is 7.75. The summed E-state index contributed by atoms with van der Waals surface area (Å²) in [4.78, 5) is 15.7. The SMILES string of the molecule is O=C(O)c1ccnc2c1CC(CC1CCc3ccccc31)=C2. The van der Waals surface area contributed by atoms with E-state index < -0.39 is 5.97 Å². The Labute approximate surface area is 129 Å². The van der Waals surface area contributed by atoms with Gasteiger partial charge in [-0.05, 0) is 60.4 Å². The quantitative estimate of drug-likeness (QED) is 0.934. The number of fused-ring (bicyclic) bond motifs is 2. The number of carbonyl (C=O) groups is 1. The van der Waals surface area contributed by atoms with E-state index in [1.807, 2.05) is 0 Å². The highest BCUT2D eigenvalue weighted by Gasteiger charge is 2.26. The third-order valence-corrected chi connectivity index (χ3v) is 4.83. The van der Waals surface area contributed by atoms with Crippen molar-refractivity contribution in [2.45, 2.75) is 31.6 Å². The van der Waals surface area contributed by atoms with Gasteiger partial charge in [-0.3, -0.25) is 4.98 Å². The molecule has 0 fully saturated rings. The van der Waals surface area contributed by atoms with E-state index in [1.165, 1.54) is 23.1 Å². The van der Waals surface area contributed by atoms with Crippen molar-refractivity contribution in [2.24, 2.45) is 0 Å². The molecule has 3 heteroatoms. The van der Waals surface area contributed by atoms with E-state index in [4.69, 9.17) is 0 Å². The van der Waals surface area contributed by atoms with Crippen LogP contribution in [0.5, 0.6) is 0 Å². The second kappa shape index (κ2) is 5.09. The minimum atomic E-state index is -0.862. The molecule has 2 aliphatic carbocycles. The Hall–Kier alpha value is -2.42. The van der Waals surface area contributed by atoms with Gasteiger partial charge in [0.05, 0.1) is 11.3 Å². The van der Waals surface area contributed by atoms with Crippen molar-refractivity contribution >= 4 is 12.0 Å². The maximum Gasteiger partial charge on any atom is 0.336 e. The average molecular weight is 291 g/mol. The van der Waals surface area contributed by atoms with Crippen LogP contribution in [-0.2, 0) is 12.8 Å². The molecule has 1 unspecified atom stereocenters. The number of hydrogen-bond acceptors (Lipinski definition) is 2. The molecule has 110 valence electrons. The molecule has 0 spiro atoms. The van der Waals surface area contributed by atoms with Crippen LogP contribution in [0.3, 0.4) is 0 Å². The summed E-state index contributed by atoms with van der Waals surface area (Å²) in [5.41, 5.74) is 6.33. The summed E-state index contributed by atoms with van der Waals surface area (Å²) in [6.45, 7) is 0. The molecule has 1 atom stereocenters. The molecule has 0 aliphatic heterocycles. The molecule has 0 saturated carbocycles. The molecule has 0 saturated heterocycles. The Kier molecular flexibility index (Phi) is 3.07. The largest absolute Gasteiger partial charge is 0.478 e. The van der Waals surface area contributed by atoms with Gasteiger partial charge in [0.25, 0.3) is 0 Å². The zero-order chi connectivity index (χ0) is 15.1. The number of aromatic carboxylic acids is 1. The number of allylic oxidation sites excluding steroid dienone is 1. The fourth-order valence-corrected chi connectivity index (χ4v) is 3.80. The van der Waals surface area contributed by atoms with Crippen molar-refractivity contribution in [3.8, 4) is 0 Å². The average Bonchev–Trinajstić information content (AvgIpc) is 3.11. The molecular formula is C19H17NO2. The first kappa shape index (κ1) is 13.3. The lowest BCUT2D eigenvalue weighted by atomic mass is 9.92. The number of rotatable bonds is 3. The molecule has 22 heavy (non-hydrogen) atoms. The van der Waals surface area contributed by atoms with Crippen molar-refractivity contribution in [2.75, 3.05) is 0 Å². The zero-order valence-corrected chi connectivity index (χ0v) is 12.2. The molecule has 2 aliphatic rings. The summed E-state index contributed by atoms with van der Waals surface area (Å²) >= 11 is 0. The lowest BCUT2D eigenvalue weighted by molar-refractivity contribution is 0.0695. The second-order valence-corrected chi connectivity index (χ2v) is 6.15. The molecule has 1 aromatic carbocycles. The standard InChI is InChI=1S/C19H17NO2/c21-19(22)16-7-8-20-18-11-12(10-17(16)18)9-14-6-5-13-3-1-2-4-15(13)14/h1-4,7-8,11,14H,5-6,9-10H2,(H,21,22). The highest BCUT2D eigenvalue weighted by molar-refractivity contribution is 5.91. The van der Waals surface area contributed by atoms with Crippen LogP contribution in [-0.4, -0.2) is 16.1 Å². The number of nitrogens with zero attached hydrogens (tertiary/aromatic N) is 1. The molecular weight excluding hydrogens is 274 g/mol. The van der Waals surface area contributed by atoms with Gasteiger partial charge in [0.1, 0.15) is 0 Å². The molecule has 0 bridgehead atoms. The first-order valence-electron chi connectivity index (χ1n) is 7.71. The van der Waals surface area contributed by atoms with Gasteiger partial charge in [-0.2, -0.15) is 0 Å². The van der Waals surface area contributed by atoms with Gasteiger partial charge in [0.15, 0.2) is 0 Å². The van der Waals surface area contributed by atoms with Crippen LogP contribution < -0.4 is 0 Å². The zero-order valence-electron chi connectivity index (χ0n) is 12.2. The summed E-state index contributed by atoms with van der Waals surface area (Å²) in [5.74, 6) is -0.301. The van der Waals surface area contributed by atoms with Gasteiger partial charge in [-0.1, -0.05) is 29.8 Å². The number of carboxylic acids is 1. The maximum absolute atomic E-state index is 11.3. The van der Waals surface area contributed by atoms with E-state index in [0.717, 1.165) is 30.5 Å². The topological polar surface area (TPSA) is 50.2 Å². The number of hydrogen-bond donors (Lipinski definition) is 1. The van der Waals surface area contributed by atoms with Gasteiger partial charge < -0.3 is 5.11 Å². The lowest BCUT2D eigenvalue weighted by Crippen LogP contribution is -2.04. The molecule has 0 amide bonds. The number of aryl methyl sites for hydroxylation is 1. The third-order valence-electron chi connectivity index (χ3n) is 4.83. The van der Waals surface area contributed by atoms with Gasteiger partial charge in [0.2, 0.25) is 0 Å². The molecule has 2 aromatic rings. The van der Waals surface area contributed by atoms with Crippen LogP contribution in [0.2, 0.25) is 0 Å². The minimum Gasteiger partial charge on any atom is -0.478 e. The molecule has 3 nitrogen and oxygen atoms in total. The molecule has 0 radical (unpaired) electrons. The van der Waals surface area contributed by atoms with Crippen LogP contribution >= 0.6 is 0 Å². The van der Waals surface area contributed by atoms with Gasteiger partial charge in [0, 0.05) is 6.20 Å². The van der Waals surface area contributed by atoms with Crippen molar-refractivity contribution in [1.29, 1.82) is 0 Å². The summed E-state index contributed by atoms with van der Waals surface area (Å²) < 4.78 is 0. The van der Waals surface area contributed by atoms with Crippen molar-refractivity contribution in [1.82, 2.24) is 4.98 Å². The first-order chi connectivity index (χ1) is 10.7. The fraction of sp³-hybridized carbons (Fsp3) is 0.263. The van der Waals surface area contributed by atoms with E-state index >= 15 is 0 Å². The fourth-order valence-electron chi connectivity index (χ4n) is 3.80.